The SMILES string of the molecule is CN(C(=O)c1ccnnc1)c1ccc(Br)cc1N. The van der Waals surface area contributed by atoms with Crippen molar-refractivity contribution in [1.29, 1.82) is 0 Å². The van der Waals surface area contributed by atoms with Crippen LogP contribution in [0.4, 0.5) is 11.4 Å². The Morgan fingerprint density at radius 3 is 2.72 bits per heavy atom. The number of anilines is 2. The van der Waals surface area contributed by atoms with Crippen molar-refractivity contribution in [3.63, 3.8) is 0 Å². The molecule has 2 aromatic rings. The molecule has 92 valence electrons. The molecule has 0 fully saturated rings. The van der Waals surface area contributed by atoms with Crippen molar-refractivity contribution in [3.05, 3.63) is 46.7 Å². The lowest BCUT2D eigenvalue weighted by Gasteiger charge is -2.19. The third-order valence-corrected chi connectivity index (χ3v) is 2.98. The van der Waals surface area contributed by atoms with Crippen molar-refractivity contribution in [3.8, 4) is 0 Å². The quantitative estimate of drug-likeness (QED) is 0.862. The fraction of sp³-hybridized carbons (Fsp3) is 0.0833. The first-order valence-corrected chi connectivity index (χ1v) is 5.98. The average molecular weight is 307 g/mol. The van der Waals surface area contributed by atoms with E-state index in [1.54, 1.807) is 25.2 Å². The number of amides is 1. The molecule has 0 unspecified atom stereocenters. The summed E-state index contributed by atoms with van der Waals surface area (Å²) in [5.74, 6) is -0.182. The van der Waals surface area contributed by atoms with Gasteiger partial charge < -0.3 is 10.6 Å². The fourth-order valence-corrected chi connectivity index (χ4v) is 1.93. The Balaban J connectivity index is 2.31. The van der Waals surface area contributed by atoms with E-state index in [1.807, 2.05) is 6.07 Å². The lowest BCUT2D eigenvalue weighted by molar-refractivity contribution is 0.0992. The summed E-state index contributed by atoms with van der Waals surface area (Å²) in [6, 6.07) is 6.98. The molecule has 0 aliphatic carbocycles. The van der Waals surface area contributed by atoms with Gasteiger partial charge in [0.1, 0.15) is 0 Å². The van der Waals surface area contributed by atoms with E-state index in [1.165, 1.54) is 17.3 Å². The standard InChI is InChI=1S/C12H11BrN4O/c1-17(11-3-2-9(13)6-10(11)14)12(18)8-4-5-15-16-7-8/h2-7H,14H2,1H3. The summed E-state index contributed by atoms with van der Waals surface area (Å²) in [5.41, 5.74) is 7.54. The van der Waals surface area contributed by atoms with Crippen LogP contribution in [0.1, 0.15) is 10.4 Å². The van der Waals surface area contributed by atoms with Crippen LogP contribution in [0.15, 0.2) is 41.1 Å². The molecule has 0 saturated heterocycles. The van der Waals surface area contributed by atoms with E-state index in [0.29, 0.717) is 16.9 Å². The van der Waals surface area contributed by atoms with E-state index < -0.39 is 0 Å². The first kappa shape index (κ1) is 12.5. The molecule has 2 N–H and O–H groups in total. The summed E-state index contributed by atoms with van der Waals surface area (Å²) in [6.45, 7) is 0. The Morgan fingerprint density at radius 1 is 1.33 bits per heavy atom. The van der Waals surface area contributed by atoms with Gasteiger partial charge >= 0.3 is 0 Å². The van der Waals surface area contributed by atoms with E-state index in [0.717, 1.165) is 4.47 Å². The van der Waals surface area contributed by atoms with Gasteiger partial charge in [-0.25, -0.2) is 0 Å². The van der Waals surface area contributed by atoms with Crippen molar-refractivity contribution >= 4 is 33.2 Å². The summed E-state index contributed by atoms with van der Waals surface area (Å²) < 4.78 is 0.871. The van der Waals surface area contributed by atoms with Gasteiger partial charge in [-0.1, -0.05) is 15.9 Å². The number of hydrogen-bond donors (Lipinski definition) is 1. The minimum Gasteiger partial charge on any atom is -0.397 e. The zero-order valence-electron chi connectivity index (χ0n) is 9.67. The molecule has 18 heavy (non-hydrogen) atoms. The van der Waals surface area contributed by atoms with Gasteiger partial charge in [0.25, 0.3) is 5.91 Å². The zero-order chi connectivity index (χ0) is 13.1. The summed E-state index contributed by atoms with van der Waals surface area (Å²) in [6.07, 6.45) is 2.90. The van der Waals surface area contributed by atoms with Crippen molar-refractivity contribution in [2.75, 3.05) is 17.7 Å². The van der Waals surface area contributed by atoms with Crippen LogP contribution in [0.25, 0.3) is 0 Å². The Hall–Kier alpha value is -1.95. The predicted molar refractivity (Wildman–Crippen MR) is 73.3 cm³/mol. The summed E-state index contributed by atoms with van der Waals surface area (Å²) >= 11 is 3.33. The number of carbonyl (C=O) groups excluding carboxylic acids is 1. The second-order valence-corrected chi connectivity index (χ2v) is 4.61. The minimum absolute atomic E-state index is 0.182. The summed E-state index contributed by atoms with van der Waals surface area (Å²) in [7, 11) is 1.67. The molecule has 0 aliphatic heterocycles. The molecule has 5 nitrogen and oxygen atoms in total. The van der Waals surface area contributed by atoms with Crippen LogP contribution < -0.4 is 10.6 Å². The third kappa shape index (κ3) is 2.48. The molecule has 6 heteroatoms. The lowest BCUT2D eigenvalue weighted by atomic mass is 10.2. The lowest BCUT2D eigenvalue weighted by Crippen LogP contribution is -2.27. The smallest absolute Gasteiger partial charge is 0.259 e. The molecule has 1 aromatic carbocycles. The number of nitrogen functional groups attached to an aromatic ring is 1. The molecule has 2 rings (SSSR count). The molecule has 0 atom stereocenters. The van der Waals surface area contributed by atoms with Crippen molar-refractivity contribution in [2.45, 2.75) is 0 Å². The van der Waals surface area contributed by atoms with Gasteiger partial charge in [0, 0.05) is 11.5 Å². The van der Waals surface area contributed by atoms with Crippen molar-refractivity contribution in [2.24, 2.45) is 0 Å². The molecule has 0 bridgehead atoms. The molecule has 0 aliphatic rings. The van der Waals surface area contributed by atoms with Crippen LogP contribution in [0.2, 0.25) is 0 Å². The number of benzene rings is 1. The largest absolute Gasteiger partial charge is 0.397 e. The first-order valence-electron chi connectivity index (χ1n) is 5.19. The van der Waals surface area contributed by atoms with Gasteiger partial charge in [0.2, 0.25) is 0 Å². The topological polar surface area (TPSA) is 72.1 Å². The number of aromatic nitrogens is 2. The van der Waals surface area contributed by atoms with E-state index in [2.05, 4.69) is 26.1 Å². The van der Waals surface area contributed by atoms with Crippen LogP contribution in [-0.4, -0.2) is 23.2 Å². The Morgan fingerprint density at radius 2 is 2.11 bits per heavy atom. The van der Waals surface area contributed by atoms with Crippen LogP contribution in [-0.2, 0) is 0 Å². The van der Waals surface area contributed by atoms with Gasteiger partial charge in [0.05, 0.1) is 29.3 Å². The van der Waals surface area contributed by atoms with Gasteiger partial charge in [0.15, 0.2) is 0 Å². The van der Waals surface area contributed by atoms with Crippen molar-refractivity contribution < 1.29 is 4.79 Å². The Kier molecular flexibility index (Phi) is 3.57. The van der Waals surface area contributed by atoms with Crippen molar-refractivity contribution in [1.82, 2.24) is 10.2 Å². The molecule has 1 aromatic heterocycles. The molecule has 0 radical (unpaired) electrons. The first-order chi connectivity index (χ1) is 8.59. The average Bonchev–Trinajstić information content (AvgIpc) is 2.38. The highest BCUT2D eigenvalue weighted by atomic mass is 79.9. The van der Waals surface area contributed by atoms with Crippen LogP contribution in [0, 0.1) is 0 Å². The van der Waals surface area contributed by atoms with Gasteiger partial charge in [-0.05, 0) is 24.3 Å². The number of nitrogens with zero attached hydrogens (tertiary/aromatic N) is 3. The Bertz CT molecular complexity index is 574. The highest BCUT2D eigenvalue weighted by molar-refractivity contribution is 9.10. The maximum atomic E-state index is 12.2. The van der Waals surface area contributed by atoms with E-state index in [-0.39, 0.29) is 5.91 Å². The zero-order valence-corrected chi connectivity index (χ0v) is 11.3. The number of hydrogen-bond acceptors (Lipinski definition) is 4. The summed E-state index contributed by atoms with van der Waals surface area (Å²) in [4.78, 5) is 13.7. The van der Waals surface area contributed by atoms with Crippen LogP contribution in [0.5, 0.6) is 0 Å². The molecule has 1 heterocycles. The minimum atomic E-state index is -0.182. The van der Waals surface area contributed by atoms with Gasteiger partial charge in [-0.2, -0.15) is 10.2 Å². The predicted octanol–water partition coefficient (Wildman–Crippen LogP) is 2.10. The van der Waals surface area contributed by atoms with Crippen LogP contribution >= 0.6 is 15.9 Å². The second kappa shape index (κ2) is 5.14. The molecule has 1 amide bonds. The summed E-state index contributed by atoms with van der Waals surface area (Å²) in [5, 5.41) is 7.32. The normalized spacial score (nSPS) is 10.1. The fourth-order valence-electron chi connectivity index (χ4n) is 1.55. The number of halogens is 1. The number of rotatable bonds is 2. The van der Waals surface area contributed by atoms with Gasteiger partial charge in [-0.15, -0.1) is 0 Å². The highest BCUT2D eigenvalue weighted by Gasteiger charge is 2.15. The molecular weight excluding hydrogens is 296 g/mol. The maximum Gasteiger partial charge on any atom is 0.259 e. The Labute approximate surface area is 113 Å². The maximum absolute atomic E-state index is 12.2. The second-order valence-electron chi connectivity index (χ2n) is 3.70. The molecule has 0 saturated carbocycles. The molecular formula is C12H11BrN4O. The van der Waals surface area contributed by atoms with E-state index in [9.17, 15) is 4.79 Å². The van der Waals surface area contributed by atoms with Gasteiger partial charge in [-0.3, -0.25) is 4.79 Å². The van der Waals surface area contributed by atoms with Crippen LogP contribution in [0.3, 0.4) is 0 Å². The third-order valence-electron chi connectivity index (χ3n) is 2.49. The number of carbonyl (C=O) groups is 1. The molecule has 0 spiro atoms. The number of nitrogens with two attached hydrogens (primary N) is 1. The van der Waals surface area contributed by atoms with E-state index >= 15 is 0 Å². The monoisotopic (exact) mass is 306 g/mol. The van der Waals surface area contributed by atoms with E-state index in [4.69, 9.17) is 5.73 Å². The highest BCUT2D eigenvalue weighted by Crippen LogP contribution is 2.26.